The minimum absolute atomic E-state index is 0.255. The van der Waals surface area contributed by atoms with Crippen molar-refractivity contribution < 1.29 is 15.3 Å². The molecule has 0 amide bonds. The minimum Gasteiger partial charge on any atom is -0.393 e. The molecule has 0 bridgehead atoms. The fourth-order valence-electron chi connectivity index (χ4n) is 1.99. The highest BCUT2D eigenvalue weighted by Crippen LogP contribution is 2.24. The smallest absolute Gasteiger partial charge is 0.0796 e. The van der Waals surface area contributed by atoms with E-state index in [2.05, 4.69) is 13.8 Å². The Labute approximate surface area is 99.5 Å². The second-order valence-electron chi connectivity index (χ2n) is 5.33. The zero-order valence-corrected chi connectivity index (χ0v) is 11.1. The van der Waals surface area contributed by atoms with E-state index in [-0.39, 0.29) is 6.10 Å². The monoisotopic (exact) mass is 232 g/mol. The van der Waals surface area contributed by atoms with Crippen LogP contribution in [0.1, 0.15) is 53.4 Å². The molecule has 0 aliphatic heterocycles. The number of aliphatic hydroxyl groups is 3. The summed E-state index contributed by atoms with van der Waals surface area (Å²) in [5.74, 6) is 1.06. The van der Waals surface area contributed by atoms with Gasteiger partial charge in [0.05, 0.1) is 18.3 Å². The van der Waals surface area contributed by atoms with Gasteiger partial charge in [0.2, 0.25) is 0 Å². The molecule has 3 heteroatoms. The SMILES string of the molecule is CC(O)C[C@H](CCCC(O)C(C)O)C(C)C. The highest BCUT2D eigenvalue weighted by Gasteiger charge is 2.17. The van der Waals surface area contributed by atoms with Gasteiger partial charge in [-0.15, -0.1) is 0 Å². The molecule has 3 unspecified atom stereocenters. The molecule has 0 aliphatic carbocycles. The van der Waals surface area contributed by atoms with E-state index in [1.165, 1.54) is 0 Å². The molecule has 0 radical (unpaired) electrons. The molecule has 0 aliphatic rings. The van der Waals surface area contributed by atoms with Crippen LogP contribution in [-0.2, 0) is 0 Å². The van der Waals surface area contributed by atoms with E-state index in [9.17, 15) is 10.2 Å². The topological polar surface area (TPSA) is 60.7 Å². The van der Waals surface area contributed by atoms with Crippen LogP contribution < -0.4 is 0 Å². The summed E-state index contributed by atoms with van der Waals surface area (Å²) in [7, 11) is 0. The first-order valence-corrected chi connectivity index (χ1v) is 6.38. The van der Waals surface area contributed by atoms with Crippen LogP contribution in [0.15, 0.2) is 0 Å². The van der Waals surface area contributed by atoms with E-state index < -0.39 is 12.2 Å². The highest BCUT2D eigenvalue weighted by atomic mass is 16.3. The normalized spacial score (nSPS) is 19.5. The van der Waals surface area contributed by atoms with Crippen LogP contribution >= 0.6 is 0 Å². The van der Waals surface area contributed by atoms with Gasteiger partial charge in [-0.3, -0.25) is 0 Å². The van der Waals surface area contributed by atoms with Gasteiger partial charge in [0.1, 0.15) is 0 Å². The van der Waals surface area contributed by atoms with Gasteiger partial charge in [-0.2, -0.15) is 0 Å². The molecule has 0 spiro atoms. The van der Waals surface area contributed by atoms with Gasteiger partial charge in [-0.05, 0) is 38.5 Å². The minimum atomic E-state index is -0.644. The third kappa shape index (κ3) is 7.20. The van der Waals surface area contributed by atoms with Crippen molar-refractivity contribution >= 4 is 0 Å². The first-order chi connectivity index (χ1) is 7.34. The van der Waals surface area contributed by atoms with E-state index >= 15 is 0 Å². The van der Waals surface area contributed by atoms with Gasteiger partial charge in [-0.1, -0.05) is 26.7 Å². The Morgan fingerprint density at radius 2 is 1.44 bits per heavy atom. The molecule has 3 N–H and O–H groups in total. The van der Waals surface area contributed by atoms with Crippen molar-refractivity contribution in [2.75, 3.05) is 0 Å². The van der Waals surface area contributed by atoms with Crippen LogP contribution in [0.4, 0.5) is 0 Å². The quantitative estimate of drug-likeness (QED) is 0.599. The predicted octanol–water partition coefficient (Wildman–Crippen LogP) is 1.94. The average molecular weight is 232 g/mol. The van der Waals surface area contributed by atoms with Gasteiger partial charge in [-0.25, -0.2) is 0 Å². The van der Waals surface area contributed by atoms with Gasteiger partial charge in [0.15, 0.2) is 0 Å². The second kappa shape index (κ2) is 8.04. The lowest BCUT2D eigenvalue weighted by Gasteiger charge is -2.23. The van der Waals surface area contributed by atoms with E-state index in [4.69, 9.17) is 5.11 Å². The first kappa shape index (κ1) is 15.9. The fourth-order valence-corrected chi connectivity index (χ4v) is 1.99. The molecule has 0 saturated heterocycles. The summed E-state index contributed by atoms with van der Waals surface area (Å²) in [5, 5.41) is 28.0. The van der Waals surface area contributed by atoms with Crippen LogP contribution in [-0.4, -0.2) is 33.6 Å². The van der Waals surface area contributed by atoms with E-state index in [0.29, 0.717) is 18.3 Å². The lowest BCUT2D eigenvalue weighted by Crippen LogP contribution is -2.23. The van der Waals surface area contributed by atoms with Crippen molar-refractivity contribution in [1.82, 2.24) is 0 Å². The highest BCUT2D eigenvalue weighted by molar-refractivity contribution is 4.69. The summed E-state index contributed by atoms with van der Waals surface area (Å²) >= 11 is 0. The van der Waals surface area contributed by atoms with Crippen LogP contribution in [0.2, 0.25) is 0 Å². The van der Waals surface area contributed by atoms with E-state index in [0.717, 1.165) is 19.3 Å². The molecule has 0 saturated carbocycles. The van der Waals surface area contributed by atoms with Crippen molar-refractivity contribution in [2.24, 2.45) is 11.8 Å². The van der Waals surface area contributed by atoms with Crippen molar-refractivity contribution in [3.8, 4) is 0 Å². The van der Waals surface area contributed by atoms with Crippen LogP contribution in [0.5, 0.6) is 0 Å². The van der Waals surface area contributed by atoms with Gasteiger partial charge < -0.3 is 15.3 Å². The number of aliphatic hydroxyl groups excluding tert-OH is 3. The molecule has 16 heavy (non-hydrogen) atoms. The lowest BCUT2D eigenvalue weighted by atomic mass is 9.85. The molecule has 3 nitrogen and oxygen atoms in total. The molecule has 0 aromatic rings. The van der Waals surface area contributed by atoms with Crippen molar-refractivity contribution in [3.63, 3.8) is 0 Å². The molecule has 4 atom stereocenters. The molecule has 0 heterocycles. The summed E-state index contributed by atoms with van der Waals surface area (Å²) < 4.78 is 0. The number of hydrogen-bond donors (Lipinski definition) is 3. The van der Waals surface area contributed by atoms with Gasteiger partial charge in [0, 0.05) is 0 Å². The van der Waals surface area contributed by atoms with Gasteiger partial charge in [0.25, 0.3) is 0 Å². The summed E-state index contributed by atoms with van der Waals surface area (Å²) in [6.45, 7) is 7.76. The molecule has 0 aromatic heterocycles. The molecule has 0 aromatic carbocycles. The Morgan fingerprint density at radius 1 is 0.875 bits per heavy atom. The first-order valence-electron chi connectivity index (χ1n) is 6.38. The van der Waals surface area contributed by atoms with Crippen molar-refractivity contribution in [1.29, 1.82) is 0 Å². The summed E-state index contributed by atoms with van der Waals surface area (Å²) in [6.07, 6.45) is 1.86. The van der Waals surface area contributed by atoms with E-state index in [1.54, 1.807) is 6.92 Å². The Bertz CT molecular complexity index is 167. The molecule has 98 valence electrons. The lowest BCUT2D eigenvalue weighted by molar-refractivity contribution is 0.0231. The molecule has 0 rings (SSSR count). The standard InChI is InChI=1S/C13H28O3/c1-9(2)12(8-10(3)14)6-5-7-13(16)11(4)15/h9-16H,5-8H2,1-4H3/t10?,11?,12-,13?/m0/s1. The van der Waals surface area contributed by atoms with Crippen molar-refractivity contribution in [2.45, 2.75) is 71.7 Å². The maximum atomic E-state index is 9.46. The Morgan fingerprint density at radius 3 is 1.81 bits per heavy atom. The van der Waals surface area contributed by atoms with E-state index in [1.807, 2.05) is 6.92 Å². The number of rotatable bonds is 8. The largest absolute Gasteiger partial charge is 0.393 e. The number of hydrogen-bond acceptors (Lipinski definition) is 3. The Kier molecular flexibility index (Phi) is 7.98. The zero-order valence-electron chi connectivity index (χ0n) is 11.1. The maximum Gasteiger partial charge on any atom is 0.0796 e. The predicted molar refractivity (Wildman–Crippen MR) is 66.2 cm³/mol. The summed E-state index contributed by atoms with van der Waals surface area (Å²) in [4.78, 5) is 0. The Hall–Kier alpha value is -0.120. The van der Waals surface area contributed by atoms with Crippen LogP contribution in [0, 0.1) is 11.8 Å². The summed E-state index contributed by atoms with van der Waals surface area (Å²) in [6, 6.07) is 0. The zero-order chi connectivity index (χ0) is 12.7. The third-order valence-corrected chi connectivity index (χ3v) is 3.22. The van der Waals surface area contributed by atoms with Gasteiger partial charge >= 0.3 is 0 Å². The van der Waals surface area contributed by atoms with Crippen LogP contribution in [0.3, 0.4) is 0 Å². The second-order valence-corrected chi connectivity index (χ2v) is 5.33. The maximum absolute atomic E-state index is 9.46. The molecular weight excluding hydrogens is 204 g/mol. The Balaban J connectivity index is 3.85. The molecule has 0 fully saturated rings. The van der Waals surface area contributed by atoms with Crippen LogP contribution in [0.25, 0.3) is 0 Å². The fraction of sp³-hybridized carbons (Fsp3) is 1.00. The third-order valence-electron chi connectivity index (χ3n) is 3.22. The molecular formula is C13H28O3. The van der Waals surface area contributed by atoms with Crippen molar-refractivity contribution in [3.05, 3.63) is 0 Å². The summed E-state index contributed by atoms with van der Waals surface area (Å²) in [5.41, 5.74) is 0. The average Bonchev–Trinajstić information content (AvgIpc) is 2.14.